The number of aromatic nitrogens is 4. The van der Waals surface area contributed by atoms with Crippen LogP contribution in [0.5, 0.6) is 0 Å². The van der Waals surface area contributed by atoms with Crippen molar-refractivity contribution in [3.63, 3.8) is 0 Å². The van der Waals surface area contributed by atoms with Crippen LogP contribution in [0.4, 0.5) is 0 Å². The third kappa shape index (κ3) is 8.27. The van der Waals surface area contributed by atoms with Gasteiger partial charge in [0.25, 0.3) is 0 Å². The van der Waals surface area contributed by atoms with Crippen LogP contribution >= 0.6 is 0 Å². The molecule has 0 fully saturated rings. The Balaban J connectivity index is 0.000000191. The van der Waals surface area contributed by atoms with Gasteiger partial charge in [0.1, 0.15) is 5.58 Å². The van der Waals surface area contributed by atoms with Gasteiger partial charge >= 0.3 is 0 Å². The number of nitrogens with zero attached hydrogens (tertiary/aromatic N) is 4. The number of para-hydroxylation sites is 6. The molecule has 71 heavy (non-hydrogen) atoms. The summed E-state index contributed by atoms with van der Waals surface area (Å²) in [6.45, 7) is 15.5. The third-order valence-corrected chi connectivity index (χ3v) is 13.8. The SMILES string of the molecule is CC(C)c1cccc(C(C)C)c1-n1c(-c2[c-]cccc2)nc2ccccc21.[2H]C([2H])([2H])c1c[c-]c(-c2nc3ccccc3n2-c2c(C(C)C)cccc2C(C)C)c2oc3cc4c(ccc5ccccc54)cc3c12.[Ir]. The normalized spacial score (nSPS) is 12.6. The monoisotopic (exact) mass is 1110 g/mol. The van der Waals surface area contributed by atoms with Crippen molar-refractivity contribution < 1.29 is 28.6 Å². The smallest absolute Gasteiger partial charge is 0.121 e. The van der Waals surface area contributed by atoms with Crippen LogP contribution in [-0.4, -0.2) is 19.1 Å². The van der Waals surface area contributed by atoms with E-state index in [9.17, 15) is 0 Å². The van der Waals surface area contributed by atoms with Crippen molar-refractivity contribution >= 4 is 65.6 Å². The van der Waals surface area contributed by atoms with Gasteiger partial charge in [-0.05, 0) is 104 Å². The summed E-state index contributed by atoms with van der Waals surface area (Å²) in [4.78, 5) is 10.2. The standard InChI is InChI=1S/C40H33N2O.C25H25N2.Ir/c1-23(2)28-13-10-14-29(24(3)4)38(28)42-35-16-9-8-15-34(35)41-40(42)31-20-17-25(5)37-33-21-27-19-18-26-11-6-7-12-30(26)32(27)22-36(33)43-39(31)37;1-17(2)20-13-10-14-21(18(3)4)24(20)27-23-16-9-8-15-22(23)26-25(27)19-11-6-5-7-12-19;/h6-19,21-24H,1-5H3;5-11,13-18H,1-4H3;/q2*-1;/i5D3;;. The number of imidazole rings is 2. The maximum atomic E-state index is 8.48. The number of aryl methyl sites for hydroxylation is 1. The summed E-state index contributed by atoms with van der Waals surface area (Å²) in [7, 11) is 0. The minimum atomic E-state index is -2.36. The molecule has 3 aromatic heterocycles. The second-order valence-corrected chi connectivity index (χ2v) is 19.7. The summed E-state index contributed by atoms with van der Waals surface area (Å²) >= 11 is 0. The minimum absolute atomic E-state index is 0. The van der Waals surface area contributed by atoms with Crippen molar-refractivity contribution in [1.29, 1.82) is 0 Å². The molecule has 0 aliphatic rings. The van der Waals surface area contributed by atoms with Gasteiger partial charge in [-0.1, -0.05) is 170 Å². The quantitative estimate of drug-likeness (QED) is 0.113. The first-order valence-corrected chi connectivity index (χ1v) is 24.6. The van der Waals surface area contributed by atoms with Gasteiger partial charge in [0.2, 0.25) is 0 Å². The van der Waals surface area contributed by atoms with Crippen molar-refractivity contribution in [1.82, 2.24) is 19.1 Å². The van der Waals surface area contributed by atoms with E-state index in [0.29, 0.717) is 39.8 Å². The molecule has 3 heterocycles. The first kappa shape index (κ1) is 43.9. The Hall–Kier alpha value is -7.11. The fourth-order valence-corrected chi connectivity index (χ4v) is 10.4. The molecule has 0 N–H and O–H groups in total. The predicted molar refractivity (Wildman–Crippen MR) is 294 cm³/mol. The Morgan fingerprint density at radius 3 is 1.62 bits per heavy atom. The van der Waals surface area contributed by atoms with Gasteiger partial charge in [0.15, 0.2) is 0 Å². The summed E-state index contributed by atoms with van der Waals surface area (Å²) < 4.78 is 36.8. The molecule has 0 bridgehead atoms. The Bertz CT molecular complexity index is 3990. The summed E-state index contributed by atoms with van der Waals surface area (Å²) in [6.07, 6.45) is 0. The fourth-order valence-electron chi connectivity index (χ4n) is 10.4. The molecule has 5 nitrogen and oxygen atoms in total. The van der Waals surface area contributed by atoms with Gasteiger partial charge in [-0.2, -0.15) is 0 Å². The van der Waals surface area contributed by atoms with E-state index in [0.717, 1.165) is 66.1 Å². The first-order valence-electron chi connectivity index (χ1n) is 26.1. The average molecular weight is 1110 g/mol. The van der Waals surface area contributed by atoms with Crippen LogP contribution in [0.1, 0.15) is 111 Å². The van der Waals surface area contributed by atoms with E-state index < -0.39 is 6.85 Å². The molecule has 1 radical (unpaired) electrons. The molecule has 0 amide bonds. The largest absolute Gasteiger partial charge is 0.501 e. The van der Waals surface area contributed by atoms with Crippen LogP contribution in [0.15, 0.2) is 168 Å². The molecule has 0 aliphatic heterocycles. The third-order valence-electron chi connectivity index (χ3n) is 13.8. The molecule has 0 spiro atoms. The van der Waals surface area contributed by atoms with Crippen molar-refractivity contribution in [2.75, 3.05) is 0 Å². The Morgan fingerprint density at radius 2 is 1.04 bits per heavy atom. The zero-order chi connectivity index (χ0) is 50.9. The zero-order valence-electron chi connectivity index (χ0n) is 44.4. The van der Waals surface area contributed by atoms with Crippen LogP contribution in [0.2, 0.25) is 0 Å². The van der Waals surface area contributed by atoms with E-state index in [-0.39, 0.29) is 37.5 Å². The maximum Gasteiger partial charge on any atom is 0.121 e. The van der Waals surface area contributed by atoms with E-state index in [2.05, 4.69) is 180 Å². The van der Waals surface area contributed by atoms with Crippen molar-refractivity contribution in [3.8, 4) is 34.2 Å². The van der Waals surface area contributed by atoms with Gasteiger partial charge in [0, 0.05) is 41.0 Å². The van der Waals surface area contributed by atoms with E-state index in [1.54, 1.807) is 6.07 Å². The van der Waals surface area contributed by atoms with Crippen molar-refractivity contribution in [2.45, 2.75) is 85.9 Å². The summed E-state index contributed by atoms with van der Waals surface area (Å²) in [5.74, 6) is 3.00. The molecular formula is C65H58IrN4O-2. The number of hydrogen-bond donors (Lipinski definition) is 0. The topological polar surface area (TPSA) is 48.8 Å². The average Bonchev–Trinajstić information content (AvgIpc) is 4.09. The van der Waals surface area contributed by atoms with E-state index in [4.69, 9.17) is 18.5 Å². The molecule has 0 aliphatic carbocycles. The maximum absolute atomic E-state index is 8.48. The van der Waals surface area contributed by atoms with Gasteiger partial charge in [0.05, 0.1) is 39.3 Å². The molecule has 12 rings (SSSR count). The van der Waals surface area contributed by atoms with Gasteiger partial charge in [-0.25, -0.2) is 0 Å². The van der Waals surface area contributed by atoms with Crippen molar-refractivity contribution in [3.05, 3.63) is 204 Å². The molecule has 0 unspecified atom stereocenters. The van der Waals surface area contributed by atoms with E-state index in [1.807, 2.05) is 54.6 Å². The molecule has 0 saturated heterocycles. The molecule has 6 heteroatoms. The molecule has 0 atom stereocenters. The Morgan fingerprint density at radius 1 is 0.507 bits per heavy atom. The first-order chi connectivity index (χ1) is 35.2. The van der Waals surface area contributed by atoms with Gasteiger partial charge < -0.3 is 13.6 Å². The fraction of sp³-hybridized carbons (Fsp3) is 0.200. The molecule has 9 aromatic carbocycles. The van der Waals surface area contributed by atoms with Crippen LogP contribution in [-0.2, 0) is 20.1 Å². The van der Waals surface area contributed by atoms with Crippen LogP contribution in [0, 0.1) is 19.0 Å². The number of benzene rings is 9. The van der Waals surface area contributed by atoms with E-state index in [1.165, 1.54) is 27.9 Å². The van der Waals surface area contributed by atoms with Gasteiger partial charge in [-0.3, -0.25) is 9.97 Å². The van der Waals surface area contributed by atoms with Crippen LogP contribution in [0.25, 0.3) is 99.7 Å². The number of rotatable bonds is 8. The summed E-state index contributed by atoms with van der Waals surface area (Å²) in [5.41, 5.74) is 14.5. The number of fused-ring (bicyclic) bond motifs is 8. The zero-order valence-corrected chi connectivity index (χ0v) is 43.8. The summed E-state index contributed by atoms with van der Waals surface area (Å²) in [5, 5.41) is 5.70. The van der Waals surface area contributed by atoms with E-state index >= 15 is 0 Å². The number of hydrogen-bond acceptors (Lipinski definition) is 3. The molecule has 12 aromatic rings. The molecular weight excluding hydrogens is 1040 g/mol. The van der Waals surface area contributed by atoms with Gasteiger partial charge in [-0.15, -0.1) is 53.6 Å². The predicted octanol–water partition coefficient (Wildman–Crippen LogP) is 18.0. The number of furan rings is 1. The second-order valence-electron chi connectivity index (χ2n) is 19.7. The van der Waals surface area contributed by atoms with Crippen molar-refractivity contribution in [2.24, 2.45) is 0 Å². The Kier molecular flexibility index (Phi) is 11.9. The second kappa shape index (κ2) is 19.2. The Labute approximate surface area is 434 Å². The van der Waals surface area contributed by atoms with Crippen LogP contribution in [0.3, 0.4) is 0 Å². The molecule has 0 saturated carbocycles. The minimum Gasteiger partial charge on any atom is -0.501 e. The summed E-state index contributed by atoms with van der Waals surface area (Å²) in [6, 6.07) is 62.8. The molecule has 355 valence electrons. The van der Waals surface area contributed by atoms with Crippen LogP contribution < -0.4 is 0 Å².